The number of hydrogen-bond donors (Lipinski definition) is 0. The molecule has 0 aromatic heterocycles. The molecule has 0 aromatic rings. The Morgan fingerprint density at radius 2 is 1.82 bits per heavy atom. The maximum Gasteiger partial charge on any atom is 0.348 e. The van der Waals surface area contributed by atoms with Crippen LogP contribution in [0.1, 0.15) is 60.3 Å². The van der Waals surface area contributed by atoms with E-state index in [9.17, 15) is 4.79 Å². The molecule has 0 aromatic carbocycles. The summed E-state index contributed by atoms with van der Waals surface area (Å²) in [7, 11) is 0. The summed E-state index contributed by atoms with van der Waals surface area (Å²) in [4.78, 5) is 20.8. The van der Waals surface area contributed by atoms with Crippen LogP contribution in [0.15, 0.2) is 0 Å². The van der Waals surface area contributed by atoms with Crippen molar-refractivity contribution in [3.63, 3.8) is 0 Å². The largest absolute Gasteiger partial charge is 0.348 e. The van der Waals surface area contributed by atoms with Crippen LogP contribution in [0.25, 0.3) is 0 Å². The van der Waals surface area contributed by atoms with Gasteiger partial charge in [-0.1, -0.05) is 26.7 Å². The fourth-order valence-electron chi connectivity index (χ4n) is 1.17. The van der Waals surface area contributed by atoms with Crippen molar-refractivity contribution in [1.82, 2.24) is 0 Å². The van der Waals surface area contributed by atoms with Crippen LogP contribution in [0.4, 0.5) is 0 Å². The monoisotopic (exact) mass is 248 g/mol. The molecule has 5 heteroatoms. The van der Waals surface area contributed by atoms with Crippen molar-refractivity contribution in [1.29, 1.82) is 0 Å². The predicted molar refractivity (Wildman–Crippen MR) is 62.4 cm³/mol. The van der Waals surface area contributed by atoms with E-state index in [0.717, 1.165) is 25.7 Å². The van der Waals surface area contributed by atoms with Crippen molar-refractivity contribution in [3.8, 4) is 0 Å². The highest BCUT2D eigenvalue weighted by Gasteiger charge is 2.20. The lowest BCUT2D eigenvalue weighted by Gasteiger charge is -2.16. The van der Waals surface area contributed by atoms with Crippen LogP contribution in [0, 0.1) is 5.92 Å². The van der Waals surface area contributed by atoms with Gasteiger partial charge >= 0.3 is 5.97 Å². The molecule has 0 heterocycles. The van der Waals surface area contributed by atoms with E-state index in [0.29, 0.717) is 0 Å². The van der Waals surface area contributed by atoms with Crippen LogP contribution in [0.5, 0.6) is 0 Å². The topological polar surface area (TPSA) is 54.0 Å². The third-order valence-electron chi connectivity index (χ3n) is 2.16. The van der Waals surface area contributed by atoms with Crippen LogP contribution < -0.4 is 0 Å². The molecular formula is C12H24O5. The highest BCUT2D eigenvalue weighted by Crippen LogP contribution is 2.15. The van der Waals surface area contributed by atoms with E-state index in [-0.39, 0.29) is 5.92 Å². The number of carbonyl (C=O) groups is 1. The number of rotatable bonds is 8. The summed E-state index contributed by atoms with van der Waals surface area (Å²) >= 11 is 0. The minimum atomic E-state index is -0.515. The molecule has 0 amide bonds. The molecule has 17 heavy (non-hydrogen) atoms. The zero-order valence-electron chi connectivity index (χ0n) is 11.4. The van der Waals surface area contributed by atoms with Gasteiger partial charge in [0.15, 0.2) is 0 Å². The van der Waals surface area contributed by atoms with Crippen molar-refractivity contribution in [2.24, 2.45) is 5.92 Å². The molecule has 0 rings (SSSR count). The molecule has 0 aliphatic carbocycles. The molecule has 0 aliphatic heterocycles. The molecule has 102 valence electrons. The second-order valence-corrected chi connectivity index (χ2v) is 4.98. The minimum Gasteiger partial charge on any atom is -0.266 e. The lowest BCUT2D eigenvalue weighted by Crippen LogP contribution is -2.22. The third-order valence-corrected chi connectivity index (χ3v) is 2.16. The average molecular weight is 248 g/mol. The van der Waals surface area contributed by atoms with Crippen molar-refractivity contribution in [2.45, 2.75) is 65.9 Å². The molecule has 5 nitrogen and oxygen atoms in total. The maximum absolute atomic E-state index is 11.5. The third kappa shape index (κ3) is 9.09. The van der Waals surface area contributed by atoms with Gasteiger partial charge in [0, 0.05) is 5.04 Å². The van der Waals surface area contributed by atoms with Gasteiger partial charge in [-0.2, -0.15) is 4.89 Å². The molecule has 0 spiro atoms. The molecule has 0 N–H and O–H groups in total. The fourth-order valence-corrected chi connectivity index (χ4v) is 1.17. The Morgan fingerprint density at radius 1 is 1.18 bits per heavy atom. The minimum absolute atomic E-state index is 0.145. The normalized spacial score (nSPS) is 13.5. The van der Waals surface area contributed by atoms with Crippen LogP contribution in [0.3, 0.4) is 0 Å². The molecule has 0 bridgehead atoms. The van der Waals surface area contributed by atoms with Gasteiger partial charge in [0.05, 0.1) is 11.5 Å². The van der Waals surface area contributed by atoms with Gasteiger partial charge < -0.3 is 0 Å². The summed E-state index contributed by atoms with van der Waals surface area (Å²) in [5.74, 6) is -0.563. The van der Waals surface area contributed by atoms with E-state index in [1.165, 1.54) is 0 Å². The summed E-state index contributed by atoms with van der Waals surface area (Å²) in [6.45, 7) is 9.37. The fraction of sp³-hybridized carbons (Fsp3) is 0.917. The second-order valence-electron chi connectivity index (χ2n) is 4.98. The summed E-state index contributed by atoms with van der Waals surface area (Å²) in [6.07, 6.45) is 3.57. The summed E-state index contributed by atoms with van der Waals surface area (Å²) in [5.41, 5.74) is -0.515. The van der Waals surface area contributed by atoms with Gasteiger partial charge in [0.1, 0.15) is 0 Å². The molecule has 1 unspecified atom stereocenters. The summed E-state index contributed by atoms with van der Waals surface area (Å²) in [5, 5.41) is 8.59. The first-order chi connectivity index (χ1) is 7.90. The Labute approximate surface area is 103 Å². The van der Waals surface area contributed by atoms with Crippen LogP contribution in [0.2, 0.25) is 0 Å². The van der Waals surface area contributed by atoms with E-state index < -0.39 is 11.6 Å². The van der Waals surface area contributed by atoms with E-state index in [1.807, 2.05) is 6.92 Å². The smallest absolute Gasteiger partial charge is 0.266 e. The quantitative estimate of drug-likeness (QED) is 0.374. The van der Waals surface area contributed by atoms with Crippen LogP contribution >= 0.6 is 0 Å². The van der Waals surface area contributed by atoms with Gasteiger partial charge in [-0.15, -0.1) is 0 Å². The maximum atomic E-state index is 11.5. The molecule has 0 aliphatic rings. The van der Waals surface area contributed by atoms with Gasteiger partial charge in [-0.25, -0.2) is 4.79 Å². The molecule has 0 saturated heterocycles. The molecule has 0 fully saturated rings. The van der Waals surface area contributed by atoms with E-state index in [1.54, 1.807) is 20.8 Å². The van der Waals surface area contributed by atoms with Crippen molar-refractivity contribution in [2.75, 3.05) is 0 Å². The first kappa shape index (κ1) is 16.4. The van der Waals surface area contributed by atoms with E-state index in [2.05, 4.69) is 21.9 Å². The van der Waals surface area contributed by atoms with Gasteiger partial charge in [-0.05, 0) is 38.7 Å². The Balaban J connectivity index is 3.75. The molecular weight excluding hydrogens is 224 g/mol. The highest BCUT2D eigenvalue weighted by molar-refractivity contribution is 5.71. The van der Waals surface area contributed by atoms with Gasteiger partial charge in [0.2, 0.25) is 0 Å². The number of unbranched alkanes of at least 4 members (excludes halogenated alkanes) is 1. The van der Waals surface area contributed by atoms with Crippen LogP contribution in [-0.2, 0) is 24.6 Å². The Bertz CT molecular complexity index is 209. The van der Waals surface area contributed by atoms with Crippen LogP contribution in [-0.4, -0.2) is 11.6 Å². The first-order valence-electron chi connectivity index (χ1n) is 6.13. The number of hydrogen-bond acceptors (Lipinski definition) is 5. The molecule has 1 atom stereocenters. The van der Waals surface area contributed by atoms with E-state index >= 15 is 0 Å². The van der Waals surface area contributed by atoms with Crippen molar-refractivity contribution >= 4 is 5.97 Å². The number of carbonyl (C=O) groups excluding carboxylic acids is 1. The van der Waals surface area contributed by atoms with E-state index in [4.69, 9.17) is 4.89 Å². The highest BCUT2D eigenvalue weighted by atomic mass is 17.7. The Hall–Kier alpha value is -0.650. The lowest BCUT2D eigenvalue weighted by molar-refractivity contribution is -0.634. The Kier molecular flexibility index (Phi) is 8.12. The Morgan fingerprint density at radius 3 is 2.29 bits per heavy atom. The first-order valence-corrected chi connectivity index (χ1v) is 6.13. The predicted octanol–water partition coefficient (Wildman–Crippen LogP) is 3.34. The van der Waals surface area contributed by atoms with Crippen molar-refractivity contribution < 1.29 is 24.6 Å². The van der Waals surface area contributed by atoms with Crippen molar-refractivity contribution in [3.05, 3.63) is 0 Å². The standard InChI is InChI=1S/C12H24O5/c1-6-8-9-10(7-2)11(13)14-16-17-15-12(3,4)5/h10H,6-9H2,1-5H3. The summed E-state index contributed by atoms with van der Waals surface area (Å²) < 4.78 is 0. The summed E-state index contributed by atoms with van der Waals surface area (Å²) in [6, 6.07) is 0. The lowest BCUT2D eigenvalue weighted by atomic mass is 10.00. The second kappa shape index (κ2) is 8.44. The van der Waals surface area contributed by atoms with Gasteiger partial charge in [-0.3, -0.25) is 4.89 Å². The van der Waals surface area contributed by atoms with Gasteiger partial charge in [0.25, 0.3) is 0 Å². The molecule has 0 saturated carbocycles. The SMILES string of the molecule is CCCCC(CC)C(=O)OOOOC(C)(C)C. The molecule has 0 radical (unpaired) electrons. The zero-order valence-corrected chi connectivity index (χ0v) is 11.4. The average Bonchev–Trinajstić information content (AvgIpc) is 2.24. The zero-order chi connectivity index (χ0) is 13.3.